The monoisotopic (exact) mass is 1340 g/mol. The van der Waals surface area contributed by atoms with Gasteiger partial charge < -0.3 is 63.0 Å². The molecule has 8 rings (SSSR count). The van der Waals surface area contributed by atoms with E-state index in [9.17, 15) is 37.2 Å². The van der Waals surface area contributed by atoms with Gasteiger partial charge in [-0.3, -0.25) is 21.7 Å². The van der Waals surface area contributed by atoms with Crippen LogP contribution in [0.1, 0.15) is 58.4 Å². The minimum absolute atomic E-state index is 0. The molecule has 448 valence electrons. The van der Waals surface area contributed by atoms with Crippen LogP contribution in [0.4, 0.5) is 17.1 Å². The number of carbonyl (C=O) groups excluding carboxylic acids is 6. The number of anilines is 3. The molecular weight excluding hydrogens is 1280 g/mol. The van der Waals surface area contributed by atoms with Gasteiger partial charge in [-0.15, -0.1) is 0 Å². The Balaban J connectivity index is 0.00000101. The quantitative estimate of drug-likeness (QED) is 0.0295. The number of hydrogen-bond donors (Lipinski definition) is 6. The summed E-state index contributed by atoms with van der Waals surface area (Å²) in [6.45, 7) is 16.8. The Bertz CT molecular complexity index is 3580. The third kappa shape index (κ3) is 24.4. The first-order chi connectivity index (χ1) is 39.2. The Kier molecular flexibility index (Phi) is 34.8. The molecular formula is C55H63N11O16SY2-2. The maximum atomic E-state index is 11.8. The van der Waals surface area contributed by atoms with E-state index in [0.717, 1.165) is 5.56 Å². The van der Waals surface area contributed by atoms with Crippen LogP contribution in [-0.4, -0.2) is 126 Å². The Morgan fingerprint density at radius 3 is 1.72 bits per heavy atom. The molecule has 2 aliphatic rings. The predicted octanol–water partition coefficient (Wildman–Crippen LogP) is 4.18. The summed E-state index contributed by atoms with van der Waals surface area (Å²) in [6, 6.07) is 16.8. The van der Waals surface area contributed by atoms with Crippen LogP contribution in [0, 0.1) is 46.5 Å². The number of rotatable bonds is 9. The topological polar surface area (TPSA) is 405 Å². The molecule has 6 aromatic rings. The summed E-state index contributed by atoms with van der Waals surface area (Å²) in [7, 11) is -0.0438. The van der Waals surface area contributed by atoms with Crippen molar-refractivity contribution in [2.24, 2.45) is 16.6 Å². The van der Waals surface area contributed by atoms with E-state index >= 15 is 0 Å². The van der Waals surface area contributed by atoms with Crippen molar-refractivity contribution < 1.29 is 140 Å². The van der Waals surface area contributed by atoms with E-state index in [1.807, 2.05) is 6.92 Å². The molecule has 0 spiro atoms. The van der Waals surface area contributed by atoms with Crippen LogP contribution in [0.15, 0.2) is 130 Å². The number of fused-ring (bicyclic) bond motifs is 3. The number of hydrogen-bond acceptors (Lipinski definition) is 23. The molecule has 10 N–H and O–H groups in total. The predicted molar refractivity (Wildman–Crippen MR) is 305 cm³/mol. The zero-order valence-electron chi connectivity index (χ0n) is 47.8. The molecule has 1 aliphatic carbocycles. The van der Waals surface area contributed by atoms with Crippen LogP contribution >= 0.6 is 0 Å². The van der Waals surface area contributed by atoms with Crippen molar-refractivity contribution in [1.82, 2.24) is 24.2 Å². The number of carboxylic acid groups (broad SMARTS) is 1. The van der Waals surface area contributed by atoms with Gasteiger partial charge in [-0.25, -0.2) is 33.0 Å². The van der Waals surface area contributed by atoms with Crippen LogP contribution in [-0.2, 0) is 127 Å². The number of aliphatic carboxylic acids is 1. The minimum Gasteiger partial charge on any atom is -0.503 e. The molecule has 6 heterocycles. The van der Waals surface area contributed by atoms with Gasteiger partial charge in [-0.2, -0.15) is 28.8 Å². The van der Waals surface area contributed by atoms with Crippen molar-refractivity contribution in [3.05, 3.63) is 162 Å². The standard InChI is InChI=1S/C12H12N3O3.C12H12N2O4.C10H11N3O2.C9H13NO3S.C5H6N2.C5H6O2.C2H3O2.2Y/c1-3-18-12(17)10-7-11-9(13-8(2)16)5-4-6-15(11)14-10;1-17-11(15)9-8-6(13)4-3-5-7(8)14-10(9)12(16)18-2;1-2-15-10(14)8-6-9-7(11)4-3-5-13(9)12-8;1-6-4-7(2)9(8(3)5-6)14(11,12)13-10;6-5-2-1-3-7-4-5;1-3-4-5(6)7-2;1-2(3)4;;/h4-7H,2-3H2,1H3,(H,13,16);3-5,7H,13H2,1-2H3;3-6H,2,11H2,1H3;4-5H,10H2,1-3H3;1-4H,6H2;1-2H3;1H2,(H,3,4);;/q-1;;;;;;-1;;. The van der Waals surface area contributed by atoms with E-state index in [2.05, 4.69) is 69.7 Å². The summed E-state index contributed by atoms with van der Waals surface area (Å²) in [5, 5.41) is 18.0. The van der Waals surface area contributed by atoms with Gasteiger partial charge in [0, 0.05) is 120 Å². The number of nitrogens with one attached hydrogen (secondary N) is 1. The van der Waals surface area contributed by atoms with Gasteiger partial charge in [0.15, 0.2) is 23.1 Å². The Morgan fingerprint density at radius 1 is 0.765 bits per heavy atom. The molecule has 0 saturated heterocycles. The van der Waals surface area contributed by atoms with E-state index in [1.165, 1.54) is 25.8 Å². The van der Waals surface area contributed by atoms with Crippen LogP contribution in [0.3, 0.4) is 0 Å². The maximum absolute atomic E-state index is 11.8. The Morgan fingerprint density at radius 2 is 1.29 bits per heavy atom. The van der Waals surface area contributed by atoms with Gasteiger partial charge in [-0.05, 0) is 95.1 Å². The van der Waals surface area contributed by atoms with Crippen molar-refractivity contribution in [1.29, 1.82) is 0 Å². The van der Waals surface area contributed by atoms with Gasteiger partial charge in [-0.1, -0.05) is 35.8 Å². The third-order valence-corrected chi connectivity index (χ3v) is 11.5. The number of nitrogens with two attached hydrogens (primary N) is 4. The van der Waals surface area contributed by atoms with Crippen molar-refractivity contribution in [3.8, 4) is 11.8 Å². The third-order valence-electron chi connectivity index (χ3n) is 10.1. The zero-order valence-corrected chi connectivity index (χ0v) is 54.3. The number of carboxylic acids is 1. The van der Waals surface area contributed by atoms with Crippen molar-refractivity contribution in [3.63, 3.8) is 0 Å². The number of ether oxygens (including phenoxy) is 5. The average Bonchev–Trinajstić information content (AvgIpc) is 3.21. The summed E-state index contributed by atoms with van der Waals surface area (Å²) in [5.41, 5.74) is 23.7. The molecule has 1 aromatic carbocycles. The Labute approximate surface area is 540 Å². The van der Waals surface area contributed by atoms with Gasteiger partial charge in [0.2, 0.25) is 0 Å². The number of aliphatic imine (C=N–C) groups is 1. The first kappa shape index (κ1) is 76.7. The minimum atomic E-state index is -3.80. The number of benzene rings is 1. The Hall–Kier alpha value is -8.29. The van der Waals surface area contributed by atoms with E-state index in [0.29, 0.717) is 57.1 Å². The van der Waals surface area contributed by atoms with Gasteiger partial charge in [0.05, 0.1) is 74.6 Å². The number of aryl methyl sites for hydroxylation is 3. The molecule has 1 unspecified atom stereocenters. The number of nitrogens with zero attached hydrogens (tertiary/aromatic N) is 6. The number of methoxy groups -OCH3 is 3. The number of pyridine rings is 3. The van der Waals surface area contributed by atoms with E-state index in [1.54, 1.807) is 143 Å². The SMILES string of the molecule is CC#CC(=O)OC.CCOC(=O)c1cc2c(N)cccn2n1.COC(=O)C1=NC2C=CC=C(N)C2=C1C(=O)OC.Cc1cc(C)c(S(=O)(=O)ON)c(C)c1.Nc1cccnc1.[CH2-]C(=O)Nc1cccn2nc(C(=O)OCC)cc12.[CH2-]C(=O)O.[Y].[Y]. The van der Waals surface area contributed by atoms with Gasteiger partial charge in [0.1, 0.15) is 10.5 Å². The second-order valence-electron chi connectivity index (χ2n) is 16.1. The summed E-state index contributed by atoms with van der Waals surface area (Å²) in [5.74, 6) is 5.05. The molecule has 0 fully saturated rings. The molecule has 27 nitrogen and oxygen atoms in total. The molecule has 1 aliphatic heterocycles. The van der Waals surface area contributed by atoms with E-state index in [4.69, 9.17) is 42.5 Å². The fraction of sp³-hybridized carbons (Fsp3) is 0.218. The number of carbonyl (C=O) groups is 7. The summed E-state index contributed by atoms with van der Waals surface area (Å²) >= 11 is 0. The molecule has 1 atom stereocenters. The number of esters is 5. The molecule has 5 aromatic heterocycles. The van der Waals surface area contributed by atoms with E-state index in [-0.39, 0.29) is 99.6 Å². The average molecular weight is 1340 g/mol. The van der Waals surface area contributed by atoms with Crippen LogP contribution in [0.5, 0.6) is 0 Å². The second kappa shape index (κ2) is 38.5. The first-order valence-electron chi connectivity index (χ1n) is 24.0. The number of aromatic nitrogens is 5. The fourth-order valence-corrected chi connectivity index (χ4v) is 7.97. The van der Waals surface area contributed by atoms with Crippen molar-refractivity contribution in [2.45, 2.75) is 52.5 Å². The number of nitrogen functional groups attached to an aromatic ring is 2. The van der Waals surface area contributed by atoms with Crippen molar-refractivity contribution in [2.75, 3.05) is 51.3 Å². The molecule has 85 heavy (non-hydrogen) atoms. The number of allylic oxidation sites excluding steroid dienone is 2. The normalized spacial score (nSPS) is 11.9. The number of amides is 1. The van der Waals surface area contributed by atoms with Crippen molar-refractivity contribution >= 4 is 85.6 Å². The smallest absolute Gasteiger partial charge is 0.384 e. The zero-order chi connectivity index (χ0) is 62.6. The molecule has 30 heteroatoms. The largest absolute Gasteiger partial charge is 0.503 e. The molecule has 1 amide bonds. The van der Waals surface area contributed by atoms with E-state index < -0.39 is 57.9 Å². The fourth-order valence-electron chi connectivity index (χ4n) is 6.97. The first-order valence-corrected chi connectivity index (χ1v) is 25.4. The molecule has 2 radical (unpaired) electrons. The summed E-state index contributed by atoms with van der Waals surface area (Å²) in [4.78, 5) is 84.2. The molecule has 0 saturated carbocycles. The maximum Gasteiger partial charge on any atom is 0.384 e. The van der Waals surface area contributed by atoms with Crippen LogP contribution in [0.2, 0.25) is 0 Å². The second-order valence-corrected chi connectivity index (χ2v) is 17.6. The summed E-state index contributed by atoms with van der Waals surface area (Å²) < 4.78 is 53.0. The van der Waals surface area contributed by atoms with Gasteiger partial charge in [0.25, 0.3) is 0 Å². The van der Waals surface area contributed by atoms with Crippen LogP contribution in [0.25, 0.3) is 11.0 Å². The van der Waals surface area contributed by atoms with Crippen LogP contribution < -0.4 is 28.4 Å². The molecule has 0 bridgehead atoms. The summed E-state index contributed by atoms with van der Waals surface area (Å²) in [6.07, 6.45) is 11.8. The van der Waals surface area contributed by atoms with Gasteiger partial charge >= 0.3 is 40.0 Å².